The highest BCUT2D eigenvalue weighted by Gasteiger charge is 2.26. The first kappa shape index (κ1) is 18.0. The minimum Gasteiger partial charge on any atom is -0.368 e. The number of nitrogen functional groups attached to an aromatic ring is 1. The van der Waals surface area contributed by atoms with Gasteiger partial charge in [-0.05, 0) is 26.7 Å². The lowest BCUT2D eigenvalue weighted by atomic mass is 9.89. The van der Waals surface area contributed by atoms with Crippen LogP contribution < -0.4 is 11.1 Å². The van der Waals surface area contributed by atoms with Gasteiger partial charge in [0.2, 0.25) is 5.95 Å². The number of carbonyl (C=O) groups excluding carboxylic acids is 1. The van der Waals surface area contributed by atoms with Gasteiger partial charge in [0.15, 0.2) is 5.82 Å². The van der Waals surface area contributed by atoms with Crippen LogP contribution in [0.25, 0.3) is 11.0 Å². The van der Waals surface area contributed by atoms with Gasteiger partial charge in [0.25, 0.3) is 0 Å². The molecule has 130 valence electrons. The standard InChI is InChI=1S/C17H24FN5O/c1-4-5-7-17(3,8-6-11(2)24)23-15-14-13(21-16(19)22-15)9-12(18)10-20-14/h9-10H,4-8H2,1-3H3,(H3,19,21,22,23). The number of unbranched alkanes of at least 4 members (excludes halogenated alkanes) is 1. The molecule has 24 heavy (non-hydrogen) atoms. The second kappa shape index (κ2) is 7.51. The van der Waals surface area contributed by atoms with Crippen molar-refractivity contribution in [2.75, 3.05) is 11.1 Å². The average Bonchev–Trinajstić information content (AvgIpc) is 2.50. The van der Waals surface area contributed by atoms with Crippen molar-refractivity contribution in [3.05, 3.63) is 18.1 Å². The number of aromatic nitrogens is 3. The molecule has 6 nitrogen and oxygen atoms in total. The molecule has 0 bridgehead atoms. The first-order valence-electron chi connectivity index (χ1n) is 8.19. The van der Waals surface area contributed by atoms with Gasteiger partial charge in [-0.15, -0.1) is 0 Å². The highest BCUT2D eigenvalue weighted by atomic mass is 19.1. The molecular formula is C17H24FN5O. The fourth-order valence-corrected chi connectivity index (χ4v) is 2.65. The van der Waals surface area contributed by atoms with Crippen molar-refractivity contribution < 1.29 is 9.18 Å². The molecule has 1 atom stereocenters. The van der Waals surface area contributed by atoms with Crippen molar-refractivity contribution in [3.63, 3.8) is 0 Å². The van der Waals surface area contributed by atoms with Gasteiger partial charge in [-0.1, -0.05) is 19.8 Å². The fourth-order valence-electron chi connectivity index (χ4n) is 2.65. The average molecular weight is 333 g/mol. The van der Waals surface area contributed by atoms with E-state index in [1.54, 1.807) is 6.92 Å². The maximum atomic E-state index is 13.4. The summed E-state index contributed by atoms with van der Waals surface area (Å²) >= 11 is 0. The number of carbonyl (C=O) groups is 1. The van der Waals surface area contributed by atoms with E-state index in [1.807, 2.05) is 0 Å². The van der Waals surface area contributed by atoms with Gasteiger partial charge < -0.3 is 15.8 Å². The molecule has 0 aromatic carbocycles. The zero-order valence-corrected chi connectivity index (χ0v) is 14.4. The number of rotatable bonds is 8. The van der Waals surface area contributed by atoms with Crippen LogP contribution in [0.4, 0.5) is 16.2 Å². The third kappa shape index (κ3) is 4.59. The molecule has 0 aliphatic heterocycles. The summed E-state index contributed by atoms with van der Waals surface area (Å²) in [6, 6.07) is 1.28. The minimum atomic E-state index is -0.475. The molecule has 0 aliphatic carbocycles. The van der Waals surface area contributed by atoms with E-state index in [9.17, 15) is 9.18 Å². The Bertz CT molecular complexity index is 731. The monoisotopic (exact) mass is 333 g/mol. The fraction of sp³-hybridized carbons (Fsp3) is 0.529. The first-order valence-corrected chi connectivity index (χ1v) is 8.19. The molecule has 2 heterocycles. The number of Topliss-reactive ketones (excluding diaryl/α,β-unsaturated/α-hetero) is 1. The molecule has 7 heteroatoms. The molecule has 2 rings (SSSR count). The Morgan fingerprint density at radius 3 is 2.79 bits per heavy atom. The van der Waals surface area contributed by atoms with Crippen LogP contribution in [0.5, 0.6) is 0 Å². The summed E-state index contributed by atoms with van der Waals surface area (Å²) < 4.78 is 13.4. The molecule has 0 fully saturated rings. The lowest BCUT2D eigenvalue weighted by molar-refractivity contribution is -0.117. The maximum Gasteiger partial charge on any atom is 0.222 e. The van der Waals surface area contributed by atoms with Crippen molar-refractivity contribution in [2.24, 2.45) is 0 Å². The van der Waals surface area contributed by atoms with Crippen LogP contribution in [-0.2, 0) is 4.79 Å². The van der Waals surface area contributed by atoms with E-state index >= 15 is 0 Å². The molecule has 2 aromatic heterocycles. The van der Waals surface area contributed by atoms with E-state index in [0.29, 0.717) is 29.7 Å². The molecule has 0 radical (unpaired) electrons. The largest absolute Gasteiger partial charge is 0.368 e. The summed E-state index contributed by atoms with van der Waals surface area (Å²) in [6.45, 7) is 5.76. The number of nitrogens with zero attached hydrogens (tertiary/aromatic N) is 3. The van der Waals surface area contributed by atoms with Gasteiger partial charge >= 0.3 is 0 Å². The summed E-state index contributed by atoms with van der Waals surface area (Å²) in [5.41, 5.74) is 6.25. The van der Waals surface area contributed by atoms with Gasteiger partial charge in [0.1, 0.15) is 17.1 Å². The van der Waals surface area contributed by atoms with E-state index in [2.05, 4.69) is 34.1 Å². The molecule has 3 N–H and O–H groups in total. The second-order valence-corrected chi connectivity index (χ2v) is 6.44. The Balaban J connectivity index is 2.37. The van der Waals surface area contributed by atoms with E-state index in [-0.39, 0.29) is 17.3 Å². The third-order valence-electron chi connectivity index (χ3n) is 4.05. The van der Waals surface area contributed by atoms with Gasteiger partial charge in [-0.3, -0.25) is 0 Å². The highest BCUT2D eigenvalue weighted by Crippen LogP contribution is 2.28. The van der Waals surface area contributed by atoms with Crippen molar-refractivity contribution in [2.45, 2.75) is 58.4 Å². The zero-order valence-electron chi connectivity index (χ0n) is 14.4. The predicted molar refractivity (Wildman–Crippen MR) is 93.2 cm³/mol. The highest BCUT2D eigenvalue weighted by molar-refractivity contribution is 5.86. The van der Waals surface area contributed by atoms with Gasteiger partial charge in [0.05, 0.1) is 11.7 Å². The number of pyridine rings is 1. The van der Waals surface area contributed by atoms with Crippen LogP contribution in [0.1, 0.15) is 52.9 Å². The molecule has 0 aliphatic rings. The lowest BCUT2D eigenvalue weighted by Gasteiger charge is -2.31. The number of anilines is 2. The van der Waals surface area contributed by atoms with Crippen LogP contribution in [0.15, 0.2) is 12.3 Å². The van der Waals surface area contributed by atoms with Gasteiger partial charge in [0, 0.05) is 18.0 Å². The Labute approximate surface area is 141 Å². The SMILES string of the molecule is CCCCC(C)(CCC(C)=O)Nc1nc(N)nc2cc(F)cnc12. The smallest absolute Gasteiger partial charge is 0.222 e. The van der Waals surface area contributed by atoms with Crippen LogP contribution in [0.3, 0.4) is 0 Å². The van der Waals surface area contributed by atoms with Crippen molar-refractivity contribution in [1.82, 2.24) is 15.0 Å². The van der Waals surface area contributed by atoms with Gasteiger partial charge in [-0.2, -0.15) is 4.98 Å². The molecule has 0 saturated carbocycles. The molecule has 0 spiro atoms. The van der Waals surface area contributed by atoms with Crippen LogP contribution in [0, 0.1) is 5.82 Å². The van der Waals surface area contributed by atoms with Crippen LogP contribution in [0.2, 0.25) is 0 Å². The topological polar surface area (TPSA) is 93.8 Å². The van der Waals surface area contributed by atoms with Crippen molar-refractivity contribution in [3.8, 4) is 0 Å². The summed E-state index contributed by atoms with van der Waals surface area (Å²) in [5.74, 6) is 0.199. The van der Waals surface area contributed by atoms with Gasteiger partial charge in [-0.25, -0.2) is 14.4 Å². The normalized spacial score (nSPS) is 13.7. The number of halogens is 1. The summed E-state index contributed by atoms with van der Waals surface area (Å²) in [7, 11) is 0. The number of ketones is 1. The Hall–Kier alpha value is -2.31. The first-order chi connectivity index (χ1) is 11.3. The van der Waals surface area contributed by atoms with E-state index in [1.165, 1.54) is 6.07 Å². The Kier molecular flexibility index (Phi) is 5.64. The molecule has 0 saturated heterocycles. The van der Waals surface area contributed by atoms with Crippen molar-refractivity contribution in [1.29, 1.82) is 0 Å². The molecule has 1 unspecified atom stereocenters. The Morgan fingerprint density at radius 2 is 2.12 bits per heavy atom. The second-order valence-electron chi connectivity index (χ2n) is 6.44. The summed E-state index contributed by atoms with van der Waals surface area (Å²) in [4.78, 5) is 23.8. The number of nitrogens with one attached hydrogen (secondary N) is 1. The zero-order chi connectivity index (χ0) is 17.7. The molecular weight excluding hydrogens is 309 g/mol. The quantitative estimate of drug-likeness (QED) is 0.768. The van der Waals surface area contributed by atoms with Crippen LogP contribution in [-0.4, -0.2) is 26.3 Å². The maximum absolute atomic E-state index is 13.4. The summed E-state index contributed by atoms with van der Waals surface area (Å²) in [6.07, 6.45) is 5.23. The molecule has 0 amide bonds. The molecule has 2 aromatic rings. The minimum absolute atomic E-state index is 0.0572. The predicted octanol–water partition coefficient (Wildman–Crippen LogP) is 3.48. The number of nitrogens with two attached hydrogens (primary N) is 1. The lowest BCUT2D eigenvalue weighted by Crippen LogP contribution is -2.36. The van der Waals surface area contributed by atoms with Crippen molar-refractivity contribution >= 4 is 28.6 Å². The van der Waals surface area contributed by atoms with E-state index in [4.69, 9.17) is 5.73 Å². The number of fused-ring (bicyclic) bond motifs is 1. The Morgan fingerprint density at radius 1 is 1.38 bits per heavy atom. The number of hydrogen-bond acceptors (Lipinski definition) is 6. The summed E-state index contributed by atoms with van der Waals surface area (Å²) in [5, 5.41) is 3.38. The number of hydrogen-bond donors (Lipinski definition) is 2. The van der Waals surface area contributed by atoms with E-state index < -0.39 is 5.82 Å². The van der Waals surface area contributed by atoms with E-state index in [0.717, 1.165) is 25.5 Å². The van der Waals surface area contributed by atoms with Crippen LogP contribution >= 0.6 is 0 Å². The third-order valence-corrected chi connectivity index (χ3v) is 4.05.